The smallest absolute Gasteiger partial charge is 0.321 e. The summed E-state index contributed by atoms with van der Waals surface area (Å²) in [7, 11) is 0. The number of rotatable bonds is 3. The molecule has 1 fully saturated rings. The molecule has 1 aliphatic rings. The maximum Gasteiger partial charge on any atom is 0.321 e. The number of piperazine rings is 1. The first-order valence-electron chi connectivity index (χ1n) is 9.26. The molecule has 0 saturated carbocycles. The molecular formula is C20H26BrN5O. The summed E-state index contributed by atoms with van der Waals surface area (Å²) in [5.41, 5.74) is 3.05. The van der Waals surface area contributed by atoms with Crippen molar-refractivity contribution in [1.29, 1.82) is 0 Å². The molecule has 0 radical (unpaired) electrons. The van der Waals surface area contributed by atoms with Crippen molar-refractivity contribution in [2.24, 2.45) is 0 Å². The molecule has 6 nitrogen and oxygen atoms in total. The SMILES string of the molecule is Cc1nc(C)c(C(C)C)c(N2CCN(C(=O)Nc3ccc(Br)cc3)CC2)n1. The Morgan fingerprint density at radius 3 is 2.30 bits per heavy atom. The van der Waals surface area contributed by atoms with Gasteiger partial charge in [0.05, 0.1) is 0 Å². The van der Waals surface area contributed by atoms with Crippen LogP contribution in [0.2, 0.25) is 0 Å². The number of carbonyl (C=O) groups is 1. The zero-order valence-corrected chi connectivity index (χ0v) is 17.9. The number of anilines is 2. The summed E-state index contributed by atoms with van der Waals surface area (Å²) in [4.78, 5) is 25.9. The summed E-state index contributed by atoms with van der Waals surface area (Å²) in [6.07, 6.45) is 0. The fourth-order valence-corrected chi connectivity index (χ4v) is 3.74. The second-order valence-corrected chi connectivity index (χ2v) is 8.08. The van der Waals surface area contributed by atoms with Crippen LogP contribution < -0.4 is 10.2 Å². The lowest BCUT2D eigenvalue weighted by molar-refractivity contribution is 0.208. The average Bonchev–Trinajstić information content (AvgIpc) is 2.62. The molecule has 1 N–H and O–H groups in total. The molecule has 0 aliphatic carbocycles. The zero-order chi connectivity index (χ0) is 19.6. The van der Waals surface area contributed by atoms with E-state index in [4.69, 9.17) is 4.98 Å². The quantitative estimate of drug-likeness (QED) is 0.784. The first-order chi connectivity index (χ1) is 12.8. The fraction of sp³-hybridized carbons (Fsp3) is 0.450. The van der Waals surface area contributed by atoms with E-state index >= 15 is 0 Å². The number of hydrogen-bond acceptors (Lipinski definition) is 4. The largest absolute Gasteiger partial charge is 0.353 e. The van der Waals surface area contributed by atoms with E-state index in [0.717, 1.165) is 40.6 Å². The Labute approximate surface area is 169 Å². The third-order valence-corrected chi connectivity index (χ3v) is 5.30. The molecule has 0 unspecified atom stereocenters. The number of nitrogens with zero attached hydrogens (tertiary/aromatic N) is 4. The van der Waals surface area contributed by atoms with Crippen molar-refractivity contribution in [3.63, 3.8) is 0 Å². The summed E-state index contributed by atoms with van der Waals surface area (Å²) in [6.45, 7) is 11.2. The lowest BCUT2D eigenvalue weighted by Gasteiger charge is -2.36. The summed E-state index contributed by atoms with van der Waals surface area (Å²) >= 11 is 3.40. The van der Waals surface area contributed by atoms with Gasteiger partial charge in [-0.15, -0.1) is 0 Å². The van der Waals surface area contributed by atoms with Gasteiger partial charge in [-0.3, -0.25) is 0 Å². The third kappa shape index (κ3) is 4.58. The van der Waals surface area contributed by atoms with Crippen molar-refractivity contribution < 1.29 is 4.79 Å². The molecule has 1 saturated heterocycles. The molecular weight excluding hydrogens is 406 g/mol. The van der Waals surface area contributed by atoms with Crippen molar-refractivity contribution in [1.82, 2.24) is 14.9 Å². The van der Waals surface area contributed by atoms with Gasteiger partial charge in [-0.1, -0.05) is 29.8 Å². The standard InChI is InChI=1S/C20H26BrN5O/c1-13(2)18-14(3)22-15(4)23-19(18)25-9-11-26(12-10-25)20(27)24-17-7-5-16(21)6-8-17/h5-8,13H,9-12H2,1-4H3,(H,24,27). The lowest BCUT2D eigenvalue weighted by Crippen LogP contribution is -2.50. The molecule has 1 aliphatic heterocycles. The number of nitrogens with one attached hydrogen (secondary N) is 1. The van der Waals surface area contributed by atoms with Crippen molar-refractivity contribution in [2.75, 3.05) is 36.4 Å². The van der Waals surface area contributed by atoms with Crippen molar-refractivity contribution in [2.45, 2.75) is 33.6 Å². The molecule has 0 atom stereocenters. The van der Waals surface area contributed by atoms with Crippen LogP contribution >= 0.6 is 15.9 Å². The number of amides is 2. The Kier molecular flexibility index (Phi) is 5.99. The molecule has 2 heterocycles. The molecule has 0 spiro atoms. The molecule has 1 aromatic heterocycles. The Hall–Kier alpha value is -2.15. The number of benzene rings is 1. The van der Waals surface area contributed by atoms with Crippen LogP contribution in [0.15, 0.2) is 28.7 Å². The normalized spacial score (nSPS) is 14.6. The fourth-order valence-electron chi connectivity index (χ4n) is 3.48. The summed E-state index contributed by atoms with van der Waals surface area (Å²) in [5.74, 6) is 2.17. The second-order valence-electron chi connectivity index (χ2n) is 7.16. The highest BCUT2D eigenvalue weighted by atomic mass is 79.9. The van der Waals surface area contributed by atoms with Gasteiger partial charge in [0.2, 0.25) is 0 Å². The third-order valence-electron chi connectivity index (χ3n) is 4.77. The molecule has 1 aromatic carbocycles. The molecule has 27 heavy (non-hydrogen) atoms. The minimum Gasteiger partial charge on any atom is -0.353 e. The molecule has 2 aromatic rings. The highest BCUT2D eigenvalue weighted by molar-refractivity contribution is 9.10. The van der Waals surface area contributed by atoms with Gasteiger partial charge in [-0.2, -0.15) is 0 Å². The minimum absolute atomic E-state index is 0.0592. The van der Waals surface area contributed by atoms with E-state index in [1.807, 2.05) is 36.1 Å². The van der Waals surface area contributed by atoms with Gasteiger partial charge in [0.25, 0.3) is 0 Å². The predicted molar refractivity (Wildman–Crippen MR) is 113 cm³/mol. The van der Waals surface area contributed by atoms with Gasteiger partial charge in [-0.25, -0.2) is 14.8 Å². The highest BCUT2D eigenvalue weighted by Crippen LogP contribution is 2.29. The minimum atomic E-state index is -0.0592. The number of carbonyl (C=O) groups excluding carboxylic acids is 1. The highest BCUT2D eigenvalue weighted by Gasteiger charge is 2.25. The van der Waals surface area contributed by atoms with Gasteiger partial charge in [-0.05, 0) is 44.0 Å². The first kappa shape index (κ1) is 19.6. The van der Waals surface area contributed by atoms with Crippen LogP contribution in [-0.2, 0) is 0 Å². The molecule has 2 amide bonds. The van der Waals surface area contributed by atoms with E-state index in [0.29, 0.717) is 19.0 Å². The Balaban J connectivity index is 1.67. The van der Waals surface area contributed by atoms with Gasteiger partial charge < -0.3 is 15.1 Å². The van der Waals surface area contributed by atoms with Gasteiger partial charge >= 0.3 is 6.03 Å². The van der Waals surface area contributed by atoms with Gasteiger partial charge in [0.1, 0.15) is 11.6 Å². The summed E-state index contributed by atoms with van der Waals surface area (Å²) < 4.78 is 0.991. The van der Waals surface area contributed by atoms with Crippen LogP contribution in [-0.4, -0.2) is 47.1 Å². The van der Waals surface area contributed by atoms with Gasteiger partial charge in [0.15, 0.2) is 0 Å². The monoisotopic (exact) mass is 431 g/mol. The predicted octanol–water partition coefficient (Wildman–Crippen LogP) is 4.33. The van der Waals surface area contributed by atoms with Crippen molar-refractivity contribution in [3.8, 4) is 0 Å². The molecule has 144 valence electrons. The average molecular weight is 432 g/mol. The summed E-state index contributed by atoms with van der Waals surface area (Å²) in [6, 6.07) is 7.55. The van der Waals surface area contributed by atoms with Crippen LogP contribution in [0, 0.1) is 13.8 Å². The van der Waals surface area contributed by atoms with Crippen LogP contribution in [0.4, 0.5) is 16.3 Å². The Morgan fingerprint density at radius 1 is 1.07 bits per heavy atom. The first-order valence-corrected chi connectivity index (χ1v) is 10.1. The molecule has 7 heteroatoms. The Bertz CT molecular complexity index is 814. The van der Waals surface area contributed by atoms with Gasteiger partial charge in [0, 0.05) is 47.6 Å². The Morgan fingerprint density at radius 2 is 1.70 bits per heavy atom. The zero-order valence-electron chi connectivity index (χ0n) is 16.3. The molecule has 0 bridgehead atoms. The van der Waals surface area contributed by atoms with E-state index in [1.165, 1.54) is 5.56 Å². The van der Waals surface area contributed by atoms with Crippen molar-refractivity contribution in [3.05, 3.63) is 45.8 Å². The molecule has 3 rings (SSSR count). The van der Waals surface area contributed by atoms with E-state index in [9.17, 15) is 4.79 Å². The van der Waals surface area contributed by atoms with Crippen molar-refractivity contribution >= 4 is 33.5 Å². The van der Waals surface area contributed by atoms with Crippen LogP contribution in [0.1, 0.15) is 36.8 Å². The maximum atomic E-state index is 12.5. The topological polar surface area (TPSA) is 61.4 Å². The van der Waals surface area contributed by atoms with E-state index in [1.54, 1.807) is 0 Å². The number of aromatic nitrogens is 2. The van der Waals surface area contributed by atoms with E-state index < -0.39 is 0 Å². The number of hydrogen-bond donors (Lipinski definition) is 1. The number of urea groups is 1. The maximum absolute atomic E-state index is 12.5. The second kappa shape index (κ2) is 8.25. The van der Waals surface area contributed by atoms with E-state index in [-0.39, 0.29) is 6.03 Å². The van der Waals surface area contributed by atoms with E-state index in [2.05, 4.69) is 51.9 Å². The number of aryl methyl sites for hydroxylation is 2. The number of halogens is 1. The van der Waals surface area contributed by atoms with Crippen LogP contribution in [0.3, 0.4) is 0 Å². The lowest BCUT2D eigenvalue weighted by atomic mass is 10.0. The van der Waals surface area contributed by atoms with Crippen LogP contribution in [0.5, 0.6) is 0 Å². The van der Waals surface area contributed by atoms with Crippen LogP contribution in [0.25, 0.3) is 0 Å². The summed E-state index contributed by atoms with van der Waals surface area (Å²) in [5, 5.41) is 2.96.